The van der Waals surface area contributed by atoms with Gasteiger partial charge in [0.1, 0.15) is 0 Å². The Morgan fingerprint density at radius 2 is 2.23 bits per heavy atom. The molecule has 0 aliphatic carbocycles. The zero-order valence-corrected chi connectivity index (χ0v) is 9.13. The first kappa shape index (κ1) is 11.0. The van der Waals surface area contributed by atoms with E-state index in [1.165, 1.54) is 38.8 Å². The first-order valence-electron chi connectivity index (χ1n) is 5.68. The molecular weight excluding hydrogens is 160 g/mol. The molecule has 0 amide bonds. The number of piperidine rings is 1. The molecule has 0 saturated carbocycles. The van der Waals surface area contributed by atoms with Gasteiger partial charge < -0.3 is 10.6 Å². The molecule has 0 bridgehead atoms. The van der Waals surface area contributed by atoms with E-state index >= 15 is 0 Å². The van der Waals surface area contributed by atoms with Crippen molar-refractivity contribution in [3.05, 3.63) is 0 Å². The average molecular weight is 184 g/mol. The van der Waals surface area contributed by atoms with Gasteiger partial charge in [-0.2, -0.15) is 0 Å². The van der Waals surface area contributed by atoms with Gasteiger partial charge in [-0.15, -0.1) is 0 Å². The Balaban J connectivity index is 2.25. The molecule has 2 N–H and O–H groups in total. The molecule has 0 aromatic heterocycles. The molecule has 1 saturated heterocycles. The minimum Gasteiger partial charge on any atom is -0.330 e. The van der Waals surface area contributed by atoms with Gasteiger partial charge in [0, 0.05) is 12.6 Å². The van der Waals surface area contributed by atoms with Crippen LogP contribution in [-0.2, 0) is 0 Å². The van der Waals surface area contributed by atoms with E-state index in [4.69, 9.17) is 5.73 Å². The Bertz CT molecular complexity index is 136. The molecule has 1 heterocycles. The molecule has 1 rings (SSSR count). The molecule has 0 aromatic carbocycles. The van der Waals surface area contributed by atoms with Crippen LogP contribution >= 0.6 is 0 Å². The molecule has 1 aliphatic rings. The van der Waals surface area contributed by atoms with Crippen LogP contribution in [0.4, 0.5) is 0 Å². The Kier molecular flexibility index (Phi) is 4.74. The summed E-state index contributed by atoms with van der Waals surface area (Å²) < 4.78 is 0. The van der Waals surface area contributed by atoms with Crippen LogP contribution in [0.3, 0.4) is 0 Å². The summed E-state index contributed by atoms with van der Waals surface area (Å²) in [4.78, 5) is 2.63. The largest absolute Gasteiger partial charge is 0.330 e. The van der Waals surface area contributed by atoms with E-state index < -0.39 is 0 Å². The van der Waals surface area contributed by atoms with Gasteiger partial charge in [0.15, 0.2) is 0 Å². The molecule has 2 heteroatoms. The predicted molar refractivity (Wildman–Crippen MR) is 57.7 cm³/mol. The van der Waals surface area contributed by atoms with Gasteiger partial charge in [-0.05, 0) is 45.2 Å². The van der Waals surface area contributed by atoms with Crippen molar-refractivity contribution in [3.63, 3.8) is 0 Å². The van der Waals surface area contributed by atoms with E-state index in [2.05, 4.69) is 18.7 Å². The van der Waals surface area contributed by atoms with E-state index in [0.29, 0.717) is 0 Å². The molecule has 2 unspecified atom stereocenters. The van der Waals surface area contributed by atoms with Crippen LogP contribution in [0.5, 0.6) is 0 Å². The highest BCUT2D eigenvalue weighted by atomic mass is 15.2. The van der Waals surface area contributed by atoms with Gasteiger partial charge in [-0.3, -0.25) is 0 Å². The minimum atomic E-state index is 0.769. The lowest BCUT2D eigenvalue weighted by Gasteiger charge is -2.35. The molecule has 0 spiro atoms. The fourth-order valence-corrected chi connectivity index (χ4v) is 2.20. The summed E-state index contributed by atoms with van der Waals surface area (Å²) in [5, 5.41) is 0. The summed E-state index contributed by atoms with van der Waals surface area (Å²) in [5.41, 5.74) is 5.55. The highest BCUT2D eigenvalue weighted by Crippen LogP contribution is 2.18. The summed E-state index contributed by atoms with van der Waals surface area (Å²) >= 11 is 0. The van der Waals surface area contributed by atoms with Crippen molar-refractivity contribution in [1.82, 2.24) is 4.90 Å². The molecule has 2 nitrogen and oxygen atoms in total. The van der Waals surface area contributed by atoms with Crippen LogP contribution in [0.15, 0.2) is 0 Å². The Morgan fingerprint density at radius 3 is 2.85 bits per heavy atom. The smallest absolute Gasteiger partial charge is 0.00670 e. The topological polar surface area (TPSA) is 29.3 Å². The van der Waals surface area contributed by atoms with Crippen molar-refractivity contribution in [2.75, 3.05) is 19.6 Å². The maximum Gasteiger partial charge on any atom is 0.00670 e. The fourth-order valence-electron chi connectivity index (χ4n) is 2.20. The predicted octanol–water partition coefficient (Wildman–Crippen LogP) is 1.85. The zero-order chi connectivity index (χ0) is 9.68. The van der Waals surface area contributed by atoms with Crippen molar-refractivity contribution < 1.29 is 0 Å². The van der Waals surface area contributed by atoms with Gasteiger partial charge in [-0.25, -0.2) is 0 Å². The Morgan fingerprint density at radius 1 is 1.46 bits per heavy atom. The van der Waals surface area contributed by atoms with Gasteiger partial charge in [-0.1, -0.05) is 13.3 Å². The van der Waals surface area contributed by atoms with Crippen molar-refractivity contribution in [1.29, 1.82) is 0 Å². The number of nitrogens with two attached hydrogens (primary N) is 1. The van der Waals surface area contributed by atoms with Gasteiger partial charge in [0.2, 0.25) is 0 Å². The van der Waals surface area contributed by atoms with E-state index in [1.54, 1.807) is 0 Å². The second-order valence-corrected chi connectivity index (χ2v) is 4.52. The van der Waals surface area contributed by atoms with Gasteiger partial charge in [0.05, 0.1) is 0 Å². The van der Waals surface area contributed by atoms with Gasteiger partial charge >= 0.3 is 0 Å². The first-order valence-corrected chi connectivity index (χ1v) is 5.68. The second-order valence-electron chi connectivity index (χ2n) is 4.52. The average Bonchev–Trinajstić information content (AvgIpc) is 2.09. The van der Waals surface area contributed by atoms with E-state index in [0.717, 1.165) is 18.5 Å². The lowest BCUT2D eigenvalue weighted by Crippen LogP contribution is -2.40. The summed E-state index contributed by atoms with van der Waals surface area (Å²) in [6.45, 7) is 8.06. The minimum absolute atomic E-state index is 0.769. The maximum absolute atomic E-state index is 5.55. The number of hydrogen-bond acceptors (Lipinski definition) is 2. The van der Waals surface area contributed by atoms with Crippen LogP contribution in [-0.4, -0.2) is 30.6 Å². The molecule has 13 heavy (non-hydrogen) atoms. The normalized spacial score (nSPS) is 27.5. The molecular formula is C11H24N2. The molecule has 0 radical (unpaired) electrons. The van der Waals surface area contributed by atoms with Gasteiger partial charge in [0.25, 0.3) is 0 Å². The Labute approximate surface area is 82.5 Å². The van der Waals surface area contributed by atoms with Crippen molar-refractivity contribution in [2.24, 2.45) is 11.7 Å². The highest BCUT2D eigenvalue weighted by molar-refractivity contribution is 4.74. The summed E-state index contributed by atoms with van der Waals surface area (Å²) in [6.07, 6.45) is 5.36. The monoisotopic (exact) mass is 184 g/mol. The number of hydrogen-bond donors (Lipinski definition) is 1. The standard InChI is InChI=1S/C11H24N2/c1-10(6-7-12)9-13-8-4-3-5-11(13)2/h10-11H,3-9,12H2,1-2H3. The third-order valence-electron chi connectivity index (χ3n) is 3.15. The quantitative estimate of drug-likeness (QED) is 0.722. The van der Waals surface area contributed by atoms with Crippen LogP contribution in [0.1, 0.15) is 39.5 Å². The highest BCUT2D eigenvalue weighted by Gasteiger charge is 2.19. The summed E-state index contributed by atoms with van der Waals surface area (Å²) in [6, 6.07) is 0.800. The molecule has 1 aliphatic heterocycles. The van der Waals surface area contributed by atoms with E-state index in [9.17, 15) is 0 Å². The van der Waals surface area contributed by atoms with Crippen LogP contribution in [0.2, 0.25) is 0 Å². The van der Waals surface area contributed by atoms with E-state index in [-0.39, 0.29) is 0 Å². The molecule has 2 atom stereocenters. The zero-order valence-electron chi connectivity index (χ0n) is 9.13. The van der Waals surface area contributed by atoms with Crippen molar-refractivity contribution in [3.8, 4) is 0 Å². The Hall–Kier alpha value is -0.0800. The van der Waals surface area contributed by atoms with Crippen LogP contribution in [0, 0.1) is 5.92 Å². The van der Waals surface area contributed by atoms with E-state index in [1.807, 2.05) is 0 Å². The first-order chi connectivity index (χ1) is 6.24. The number of nitrogens with zero attached hydrogens (tertiary/aromatic N) is 1. The molecule has 1 fully saturated rings. The SMILES string of the molecule is CC(CCN)CN1CCCCC1C. The lowest BCUT2D eigenvalue weighted by molar-refractivity contribution is 0.138. The van der Waals surface area contributed by atoms with Crippen LogP contribution in [0.25, 0.3) is 0 Å². The fraction of sp³-hybridized carbons (Fsp3) is 1.00. The third kappa shape index (κ3) is 3.65. The lowest BCUT2D eigenvalue weighted by atomic mass is 10.0. The molecule has 78 valence electrons. The second kappa shape index (κ2) is 5.61. The number of rotatable bonds is 4. The number of likely N-dealkylation sites (tertiary alicyclic amines) is 1. The summed E-state index contributed by atoms with van der Waals surface area (Å²) in [5.74, 6) is 0.769. The summed E-state index contributed by atoms with van der Waals surface area (Å²) in [7, 11) is 0. The molecule has 0 aromatic rings. The van der Waals surface area contributed by atoms with Crippen LogP contribution < -0.4 is 5.73 Å². The van der Waals surface area contributed by atoms with Crippen molar-refractivity contribution in [2.45, 2.75) is 45.6 Å². The maximum atomic E-state index is 5.55. The van der Waals surface area contributed by atoms with Crippen molar-refractivity contribution >= 4 is 0 Å². The third-order valence-corrected chi connectivity index (χ3v) is 3.15.